The van der Waals surface area contributed by atoms with Gasteiger partial charge in [-0.15, -0.1) is 0 Å². The maximum Gasteiger partial charge on any atom is 0.199 e. The number of aromatic nitrogens is 1. The summed E-state index contributed by atoms with van der Waals surface area (Å²) in [5.74, 6) is 0.246. The summed E-state index contributed by atoms with van der Waals surface area (Å²) < 4.78 is 2.74. The van der Waals surface area contributed by atoms with Crippen molar-refractivity contribution in [1.82, 2.24) is 4.57 Å². The largest absolute Gasteiger partial charge is 0.494 e. The minimum Gasteiger partial charge on any atom is -0.494 e. The smallest absolute Gasteiger partial charge is 0.199 e. The number of fused-ring (bicyclic) bond motifs is 2. The van der Waals surface area contributed by atoms with Crippen LogP contribution in [0.25, 0.3) is 17.0 Å². The first-order chi connectivity index (χ1) is 10.6. The van der Waals surface area contributed by atoms with Crippen LogP contribution in [-0.4, -0.2) is 16.0 Å². The number of nitrogens with zero attached hydrogens (tertiary/aromatic N) is 3. The second-order valence-corrected chi connectivity index (χ2v) is 6.05. The maximum absolute atomic E-state index is 10.5. The van der Waals surface area contributed by atoms with E-state index >= 15 is 0 Å². The molecule has 2 aromatic carbocycles. The van der Waals surface area contributed by atoms with Crippen LogP contribution in [0.5, 0.6) is 5.88 Å². The Labute approximate surface area is 134 Å². The highest BCUT2D eigenvalue weighted by Gasteiger charge is 2.14. The highest BCUT2D eigenvalue weighted by atomic mass is 79.9. The average Bonchev–Trinajstić information content (AvgIpc) is 3.07. The SMILES string of the molecule is Cn1c(O)c(/C=c2\ccc3c(c2)N=CN=3)c2c(Br)cccc21. The summed E-state index contributed by atoms with van der Waals surface area (Å²) in [5.41, 5.74) is 2.63. The number of benzene rings is 2. The summed E-state index contributed by atoms with van der Waals surface area (Å²) in [5, 5.41) is 13.3. The molecular weight excluding hydrogens is 342 g/mol. The van der Waals surface area contributed by atoms with Crippen molar-refractivity contribution in [3.05, 3.63) is 57.0 Å². The molecule has 1 aliphatic heterocycles. The molecule has 108 valence electrons. The highest BCUT2D eigenvalue weighted by Crippen LogP contribution is 2.35. The minimum absolute atomic E-state index is 0.246. The summed E-state index contributed by atoms with van der Waals surface area (Å²) in [6.07, 6.45) is 3.52. The molecule has 5 heteroatoms. The van der Waals surface area contributed by atoms with E-state index in [1.807, 2.05) is 49.5 Å². The van der Waals surface area contributed by atoms with E-state index in [2.05, 4.69) is 25.9 Å². The third-order valence-corrected chi connectivity index (χ3v) is 4.55. The van der Waals surface area contributed by atoms with Gasteiger partial charge in [-0.05, 0) is 35.6 Å². The molecule has 1 aromatic heterocycles. The Balaban J connectivity index is 2.03. The minimum atomic E-state index is 0.246. The lowest BCUT2D eigenvalue weighted by molar-refractivity contribution is 0.434. The molecule has 0 saturated carbocycles. The van der Waals surface area contributed by atoms with E-state index in [1.54, 1.807) is 10.9 Å². The number of hydrogen-bond acceptors (Lipinski definition) is 3. The highest BCUT2D eigenvalue weighted by molar-refractivity contribution is 9.10. The standard InChI is InChI=1S/C17H12BrN3O/c1-21-15-4-2-3-12(18)16(15)11(17(21)22)7-10-5-6-13-14(8-10)20-9-19-13/h2-9,22H,1H3/b10-7+. The lowest BCUT2D eigenvalue weighted by Crippen LogP contribution is -2.06. The van der Waals surface area contributed by atoms with Crippen LogP contribution in [0.4, 0.5) is 5.69 Å². The van der Waals surface area contributed by atoms with Crippen molar-refractivity contribution in [2.75, 3.05) is 0 Å². The molecule has 2 heterocycles. The van der Waals surface area contributed by atoms with Gasteiger partial charge in [-0.25, -0.2) is 9.98 Å². The number of aliphatic imine (C=N–C) groups is 1. The fourth-order valence-corrected chi connectivity index (χ4v) is 3.33. The van der Waals surface area contributed by atoms with E-state index in [-0.39, 0.29) is 5.88 Å². The zero-order valence-electron chi connectivity index (χ0n) is 11.8. The molecule has 0 atom stereocenters. The van der Waals surface area contributed by atoms with Gasteiger partial charge in [0.1, 0.15) is 6.34 Å². The van der Waals surface area contributed by atoms with Crippen LogP contribution in [0.1, 0.15) is 5.56 Å². The van der Waals surface area contributed by atoms with Crippen LogP contribution in [0.3, 0.4) is 0 Å². The third-order valence-electron chi connectivity index (χ3n) is 3.89. The van der Waals surface area contributed by atoms with Crippen molar-refractivity contribution in [1.29, 1.82) is 0 Å². The predicted octanol–water partition coefficient (Wildman–Crippen LogP) is 2.77. The molecule has 0 unspecified atom stereocenters. The zero-order valence-corrected chi connectivity index (χ0v) is 13.4. The fraction of sp³-hybridized carbons (Fsp3) is 0.0588. The zero-order chi connectivity index (χ0) is 15.3. The maximum atomic E-state index is 10.5. The van der Waals surface area contributed by atoms with E-state index in [9.17, 15) is 5.11 Å². The number of hydrogen-bond donors (Lipinski definition) is 1. The first-order valence-electron chi connectivity index (χ1n) is 6.83. The Bertz CT molecular complexity index is 1060. The summed E-state index contributed by atoms with van der Waals surface area (Å²) in [4.78, 5) is 8.39. The number of aryl methyl sites for hydroxylation is 1. The molecule has 0 amide bonds. The van der Waals surface area contributed by atoms with Gasteiger partial charge in [0.15, 0.2) is 5.88 Å². The molecule has 0 saturated heterocycles. The van der Waals surface area contributed by atoms with E-state index in [0.29, 0.717) is 0 Å². The molecule has 0 bridgehead atoms. The van der Waals surface area contributed by atoms with Gasteiger partial charge in [0, 0.05) is 22.5 Å². The molecular formula is C17H12BrN3O. The Hall–Kier alpha value is -2.40. The summed E-state index contributed by atoms with van der Waals surface area (Å²) >= 11 is 3.58. The van der Waals surface area contributed by atoms with Gasteiger partial charge in [-0.3, -0.25) is 0 Å². The van der Waals surface area contributed by atoms with Crippen LogP contribution in [0.15, 0.2) is 50.9 Å². The van der Waals surface area contributed by atoms with Gasteiger partial charge in [0.05, 0.1) is 16.6 Å². The predicted molar refractivity (Wildman–Crippen MR) is 91.2 cm³/mol. The Morgan fingerprint density at radius 3 is 2.95 bits per heavy atom. The molecule has 3 aromatic rings. The van der Waals surface area contributed by atoms with Crippen LogP contribution in [-0.2, 0) is 7.05 Å². The van der Waals surface area contributed by atoms with Gasteiger partial charge in [0.25, 0.3) is 0 Å². The Morgan fingerprint density at radius 2 is 2.09 bits per heavy atom. The lowest BCUT2D eigenvalue weighted by atomic mass is 10.1. The topological polar surface area (TPSA) is 49.9 Å². The second-order valence-electron chi connectivity index (χ2n) is 5.20. The number of aromatic hydroxyl groups is 1. The summed E-state index contributed by atoms with van der Waals surface area (Å²) in [7, 11) is 1.85. The molecule has 0 spiro atoms. The molecule has 4 rings (SSSR count). The van der Waals surface area contributed by atoms with E-state index < -0.39 is 0 Å². The average molecular weight is 354 g/mol. The van der Waals surface area contributed by atoms with Crippen molar-refractivity contribution >= 4 is 44.9 Å². The molecule has 0 aliphatic carbocycles. The first-order valence-corrected chi connectivity index (χ1v) is 7.62. The number of halogens is 1. The van der Waals surface area contributed by atoms with Gasteiger partial charge >= 0.3 is 0 Å². The normalized spacial score (nSPS) is 13.6. The van der Waals surface area contributed by atoms with Gasteiger partial charge in [-0.2, -0.15) is 0 Å². The van der Waals surface area contributed by atoms with Gasteiger partial charge < -0.3 is 9.67 Å². The molecule has 1 aliphatic rings. The van der Waals surface area contributed by atoms with E-state index in [0.717, 1.165) is 37.2 Å². The monoisotopic (exact) mass is 353 g/mol. The van der Waals surface area contributed by atoms with Crippen molar-refractivity contribution in [2.45, 2.75) is 0 Å². The van der Waals surface area contributed by atoms with Crippen molar-refractivity contribution in [3.63, 3.8) is 0 Å². The quantitative estimate of drug-likeness (QED) is 0.718. The van der Waals surface area contributed by atoms with Crippen molar-refractivity contribution in [3.8, 4) is 5.88 Å². The molecule has 0 radical (unpaired) electrons. The molecule has 22 heavy (non-hydrogen) atoms. The summed E-state index contributed by atoms with van der Waals surface area (Å²) in [6.45, 7) is 0. The second kappa shape index (κ2) is 4.81. The van der Waals surface area contributed by atoms with Crippen molar-refractivity contribution in [2.24, 2.45) is 17.0 Å². The van der Waals surface area contributed by atoms with Crippen LogP contribution in [0, 0.1) is 0 Å². The molecule has 1 N–H and O–H groups in total. The first kappa shape index (κ1) is 13.3. The Kier molecular flexibility index (Phi) is 2.90. The van der Waals surface area contributed by atoms with E-state index in [1.165, 1.54) is 0 Å². The van der Waals surface area contributed by atoms with Crippen LogP contribution in [0.2, 0.25) is 0 Å². The van der Waals surface area contributed by atoms with Crippen LogP contribution >= 0.6 is 15.9 Å². The van der Waals surface area contributed by atoms with Crippen LogP contribution < -0.4 is 10.6 Å². The van der Waals surface area contributed by atoms with E-state index in [4.69, 9.17) is 0 Å². The lowest BCUT2D eigenvalue weighted by Gasteiger charge is -1.97. The Morgan fingerprint density at radius 1 is 1.23 bits per heavy atom. The third kappa shape index (κ3) is 1.89. The molecule has 0 fully saturated rings. The van der Waals surface area contributed by atoms with Gasteiger partial charge in [0.2, 0.25) is 0 Å². The molecule has 4 nitrogen and oxygen atoms in total. The number of rotatable bonds is 1. The summed E-state index contributed by atoms with van der Waals surface area (Å²) in [6, 6.07) is 11.8. The van der Waals surface area contributed by atoms with Gasteiger partial charge in [-0.1, -0.05) is 28.1 Å². The van der Waals surface area contributed by atoms with Crippen molar-refractivity contribution < 1.29 is 5.11 Å². The fourth-order valence-electron chi connectivity index (χ4n) is 2.76.